The molecule has 4 aromatic carbocycles. The highest BCUT2D eigenvalue weighted by molar-refractivity contribution is 5.93. The van der Waals surface area contributed by atoms with Gasteiger partial charge in [0, 0.05) is 12.5 Å². The molecule has 0 aliphatic carbocycles. The number of piperidine rings is 1. The number of aromatic hydroxyl groups is 2. The van der Waals surface area contributed by atoms with Crippen LogP contribution in [0.4, 0.5) is 0 Å². The highest BCUT2D eigenvalue weighted by Crippen LogP contribution is 2.34. The van der Waals surface area contributed by atoms with Gasteiger partial charge in [0.15, 0.2) is 0 Å². The van der Waals surface area contributed by atoms with E-state index in [1.807, 2.05) is 24.3 Å². The number of hydrogen-bond donors (Lipinski definition) is 3. The minimum absolute atomic E-state index is 0.255. The summed E-state index contributed by atoms with van der Waals surface area (Å²) < 4.78 is 6.05. The van der Waals surface area contributed by atoms with Crippen molar-refractivity contribution in [2.45, 2.75) is 19.3 Å². The maximum Gasteiger partial charge on any atom is 0.119 e. The van der Waals surface area contributed by atoms with Crippen molar-refractivity contribution >= 4 is 10.8 Å². The van der Waals surface area contributed by atoms with Crippen LogP contribution in [0.2, 0.25) is 0 Å². The fourth-order valence-electron chi connectivity index (χ4n) is 4.67. The van der Waals surface area contributed by atoms with Crippen LogP contribution in [0.1, 0.15) is 24.0 Å². The van der Waals surface area contributed by atoms with Gasteiger partial charge in [-0.3, -0.25) is 0 Å². The molecule has 1 aliphatic rings. The summed E-state index contributed by atoms with van der Waals surface area (Å²) in [6, 6.07) is 25.4. The molecule has 1 atom stereocenters. The van der Waals surface area contributed by atoms with Gasteiger partial charge >= 0.3 is 0 Å². The molecular formula is C29H29NO3. The van der Waals surface area contributed by atoms with Crippen molar-refractivity contribution in [2.75, 3.05) is 19.7 Å². The summed E-state index contributed by atoms with van der Waals surface area (Å²) in [6.07, 6.45) is 3.20. The Kier molecular flexibility index (Phi) is 6.18. The summed E-state index contributed by atoms with van der Waals surface area (Å²) in [5.41, 5.74) is 4.57. The van der Waals surface area contributed by atoms with Gasteiger partial charge < -0.3 is 20.3 Å². The van der Waals surface area contributed by atoms with E-state index < -0.39 is 0 Å². The maximum absolute atomic E-state index is 9.96. The summed E-state index contributed by atoms with van der Waals surface area (Å²) in [6.45, 7) is 2.91. The summed E-state index contributed by atoms with van der Waals surface area (Å²) in [4.78, 5) is 0. The van der Waals surface area contributed by atoms with Crippen LogP contribution in [0.15, 0.2) is 78.9 Å². The first-order chi connectivity index (χ1) is 16.2. The molecule has 4 nitrogen and oxygen atoms in total. The molecule has 1 saturated heterocycles. The van der Waals surface area contributed by atoms with Crippen LogP contribution in [-0.2, 0) is 6.42 Å². The third kappa shape index (κ3) is 4.96. The number of nitrogens with one attached hydrogen (secondary N) is 1. The average molecular weight is 440 g/mol. The number of rotatable bonds is 6. The second-order valence-corrected chi connectivity index (χ2v) is 8.89. The van der Waals surface area contributed by atoms with E-state index in [9.17, 15) is 10.2 Å². The molecule has 0 amide bonds. The molecule has 0 spiro atoms. The highest BCUT2D eigenvalue weighted by atomic mass is 16.5. The summed E-state index contributed by atoms with van der Waals surface area (Å²) in [7, 11) is 0. The Morgan fingerprint density at radius 2 is 1.64 bits per heavy atom. The first kappa shape index (κ1) is 21.4. The van der Waals surface area contributed by atoms with Crippen molar-refractivity contribution in [2.24, 2.45) is 5.92 Å². The van der Waals surface area contributed by atoms with Crippen molar-refractivity contribution in [3.05, 3.63) is 90.0 Å². The largest absolute Gasteiger partial charge is 0.508 e. The first-order valence-corrected chi connectivity index (χ1v) is 11.6. The lowest BCUT2D eigenvalue weighted by Crippen LogP contribution is -2.33. The topological polar surface area (TPSA) is 61.7 Å². The smallest absolute Gasteiger partial charge is 0.119 e. The molecule has 1 heterocycles. The molecule has 1 unspecified atom stereocenters. The predicted molar refractivity (Wildman–Crippen MR) is 133 cm³/mol. The van der Waals surface area contributed by atoms with Gasteiger partial charge in [0.25, 0.3) is 0 Å². The van der Waals surface area contributed by atoms with Gasteiger partial charge in [0.2, 0.25) is 0 Å². The number of benzene rings is 4. The van der Waals surface area contributed by atoms with E-state index in [4.69, 9.17) is 4.74 Å². The van der Waals surface area contributed by atoms with E-state index in [1.54, 1.807) is 24.3 Å². The zero-order valence-electron chi connectivity index (χ0n) is 18.6. The lowest BCUT2D eigenvalue weighted by Gasteiger charge is -2.22. The lowest BCUT2D eigenvalue weighted by molar-refractivity contribution is 0.218. The normalized spacial score (nSPS) is 16.1. The monoisotopic (exact) mass is 439 g/mol. The molecule has 5 rings (SSSR count). The molecule has 0 radical (unpaired) electrons. The fraction of sp³-hybridized carbons (Fsp3) is 0.241. The molecule has 0 saturated carbocycles. The number of fused-ring (bicyclic) bond motifs is 1. The van der Waals surface area contributed by atoms with E-state index in [-0.39, 0.29) is 11.5 Å². The van der Waals surface area contributed by atoms with E-state index in [0.29, 0.717) is 5.92 Å². The predicted octanol–water partition coefficient (Wildman–Crippen LogP) is 5.89. The van der Waals surface area contributed by atoms with Gasteiger partial charge in [-0.05, 0) is 95.2 Å². The summed E-state index contributed by atoms with van der Waals surface area (Å²) in [5.74, 6) is 2.01. The number of ether oxygens (including phenoxy) is 1. The molecule has 1 aliphatic heterocycles. The molecule has 33 heavy (non-hydrogen) atoms. The van der Waals surface area contributed by atoms with Crippen molar-refractivity contribution < 1.29 is 14.9 Å². The van der Waals surface area contributed by atoms with Crippen LogP contribution in [0, 0.1) is 5.92 Å². The minimum Gasteiger partial charge on any atom is -0.508 e. The Hall–Kier alpha value is -3.50. The van der Waals surface area contributed by atoms with Crippen molar-refractivity contribution in [1.29, 1.82) is 0 Å². The van der Waals surface area contributed by atoms with Crippen LogP contribution < -0.4 is 10.1 Å². The summed E-state index contributed by atoms with van der Waals surface area (Å²) in [5, 5.41) is 25.2. The van der Waals surface area contributed by atoms with Crippen LogP contribution in [0.5, 0.6) is 17.2 Å². The van der Waals surface area contributed by atoms with Gasteiger partial charge in [-0.15, -0.1) is 0 Å². The van der Waals surface area contributed by atoms with Gasteiger partial charge in [0.1, 0.15) is 17.2 Å². The Morgan fingerprint density at radius 3 is 2.39 bits per heavy atom. The maximum atomic E-state index is 9.96. The molecule has 168 valence electrons. The second-order valence-electron chi connectivity index (χ2n) is 8.89. The Labute approximate surface area is 194 Å². The SMILES string of the molecule is Oc1ccc(-c2ccc3cc(O)ccc3c2Cc2ccc(OCC3CCCNC3)cc2)cc1. The molecule has 1 fully saturated rings. The van der Waals surface area contributed by atoms with E-state index >= 15 is 0 Å². The van der Waals surface area contributed by atoms with Crippen molar-refractivity contribution in [1.82, 2.24) is 5.32 Å². The third-order valence-electron chi connectivity index (χ3n) is 6.48. The molecule has 0 aromatic heterocycles. The van der Waals surface area contributed by atoms with Crippen LogP contribution >= 0.6 is 0 Å². The first-order valence-electron chi connectivity index (χ1n) is 11.6. The Morgan fingerprint density at radius 1 is 0.848 bits per heavy atom. The van der Waals surface area contributed by atoms with Gasteiger partial charge in [-0.2, -0.15) is 0 Å². The van der Waals surface area contributed by atoms with E-state index in [2.05, 4.69) is 35.6 Å². The third-order valence-corrected chi connectivity index (χ3v) is 6.48. The zero-order valence-corrected chi connectivity index (χ0v) is 18.6. The second kappa shape index (κ2) is 9.55. The molecule has 3 N–H and O–H groups in total. The number of phenolic OH excluding ortho intramolecular Hbond substituents is 2. The highest BCUT2D eigenvalue weighted by Gasteiger charge is 2.14. The van der Waals surface area contributed by atoms with E-state index in [1.165, 1.54) is 24.0 Å². The summed E-state index contributed by atoms with van der Waals surface area (Å²) >= 11 is 0. The molecular weight excluding hydrogens is 410 g/mol. The quantitative estimate of drug-likeness (QED) is 0.351. The van der Waals surface area contributed by atoms with Gasteiger partial charge in [-0.25, -0.2) is 0 Å². The molecule has 0 bridgehead atoms. The molecule has 4 heteroatoms. The number of hydrogen-bond acceptors (Lipinski definition) is 4. The zero-order chi connectivity index (χ0) is 22.6. The minimum atomic E-state index is 0.255. The standard InChI is InChI=1S/C29H29NO3/c31-24-8-5-22(6-9-24)27-13-7-23-17-25(32)10-14-28(23)29(27)16-20-3-11-26(12-4-20)33-19-21-2-1-15-30-18-21/h3-14,17,21,30-32H,1-2,15-16,18-19H2. The average Bonchev–Trinajstić information content (AvgIpc) is 2.85. The van der Waals surface area contributed by atoms with Crippen LogP contribution in [-0.4, -0.2) is 29.9 Å². The van der Waals surface area contributed by atoms with Crippen molar-refractivity contribution in [3.63, 3.8) is 0 Å². The lowest BCUT2D eigenvalue weighted by atomic mass is 9.90. The van der Waals surface area contributed by atoms with Crippen LogP contribution in [0.25, 0.3) is 21.9 Å². The number of phenols is 2. The van der Waals surface area contributed by atoms with Gasteiger partial charge in [-0.1, -0.05) is 42.5 Å². The fourth-order valence-corrected chi connectivity index (χ4v) is 4.67. The van der Waals surface area contributed by atoms with E-state index in [0.717, 1.165) is 53.8 Å². The van der Waals surface area contributed by atoms with Crippen LogP contribution in [0.3, 0.4) is 0 Å². The van der Waals surface area contributed by atoms with Gasteiger partial charge in [0.05, 0.1) is 6.61 Å². The Balaban J connectivity index is 1.42. The van der Waals surface area contributed by atoms with Crippen molar-refractivity contribution in [3.8, 4) is 28.4 Å². The molecule has 4 aromatic rings. The Bertz CT molecular complexity index is 1230.